The van der Waals surface area contributed by atoms with Crippen LogP contribution < -0.4 is 10.3 Å². The van der Waals surface area contributed by atoms with Crippen molar-refractivity contribution in [3.8, 4) is 5.75 Å². The van der Waals surface area contributed by atoms with Gasteiger partial charge in [0.2, 0.25) is 0 Å². The highest BCUT2D eigenvalue weighted by atomic mass is 127. The van der Waals surface area contributed by atoms with Crippen LogP contribution in [0.1, 0.15) is 56.3 Å². The molecule has 30 heavy (non-hydrogen) atoms. The smallest absolute Gasteiger partial charge is 0.308 e. The molecule has 0 saturated heterocycles. The number of halogens is 1. The number of hydrogen-bond donors (Lipinski definition) is 0. The number of hydrogen-bond acceptors (Lipinski definition) is 5. The number of rotatable bonds is 4. The van der Waals surface area contributed by atoms with Crippen molar-refractivity contribution in [1.29, 1.82) is 0 Å². The molecule has 4 rings (SSSR count). The number of fused-ring (bicyclic) bond motifs is 1. The lowest BCUT2D eigenvalue weighted by atomic mass is 9.88. The lowest BCUT2D eigenvalue weighted by Crippen LogP contribution is -2.25. The van der Waals surface area contributed by atoms with Crippen LogP contribution >= 0.6 is 22.6 Å². The second-order valence-electron chi connectivity index (χ2n) is 7.47. The molecule has 1 heterocycles. The predicted octanol–water partition coefficient (Wildman–Crippen LogP) is 4.86. The summed E-state index contributed by atoms with van der Waals surface area (Å²) in [6.07, 6.45) is 7.22. The third-order valence-electron chi connectivity index (χ3n) is 5.28. The number of nitrogens with zero attached hydrogens (tertiary/aromatic N) is 3. The molecule has 1 aromatic heterocycles. The van der Waals surface area contributed by atoms with Crippen molar-refractivity contribution in [3.63, 3.8) is 0 Å². The van der Waals surface area contributed by atoms with E-state index >= 15 is 0 Å². The fourth-order valence-electron chi connectivity index (χ4n) is 3.84. The molecule has 0 aliphatic heterocycles. The molecule has 2 aromatic carbocycles. The summed E-state index contributed by atoms with van der Waals surface area (Å²) in [5, 5.41) is 5.10. The van der Waals surface area contributed by atoms with E-state index in [1.54, 1.807) is 18.3 Å². The van der Waals surface area contributed by atoms with Gasteiger partial charge < -0.3 is 4.74 Å². The van der Waals surface area contributed by atoms with Crippen molar-refractivity contribution >= 4 is 45.7 Å². The first-order chi connectivity index (χ1) is 14.5. The molecule has 0 unspecified atom stereocenters. The van der Waals surface area contributed by atoms with E-state index in [-0.39, 0.29) is 17.4 Å². The second kappa shape index (κ2) is 9.07. The number of benzene rings is 2. The number of ether oxygens (including phenoxy) is 1. The zero-order valence-corrected chi connectivity index (χ0v) is 18.8. The van der Waals surface area contributed by atoms with Crippen LogP contribution in [0.4, 0.5) is 0 Å². The molecule has 0 atom stereocenters. The van der Waals surface area contributed by atoms with Crippen molar-refractivity contribution < 1.29 is 9.53 Å². The van der Waals surface area contributed by atoms with Gasteiger partial charge in [-0.25, -0.2) is 4.98 Å². The van der Waals surface area contributed by atoms with E-state index in [4.69, 9.17) is 9.72 Å². The number of aromatic nitrogens is 2. The van der Waals surface area contributed by atoms with Crippen molar-refractivity contribution in [1.82, 2.24) is 9.66 Å². The molecule has 0 spiro atoms. The van der Waals surface area contributed by atoms with Gasteiger partial charge in [0, 0.05) is 12.8 Å². The molecule has 154 valence electrons. The highest BCUT2D eigenvalue weighted by molar-refractivity contribution is 14.1. The van der Waals surface area contributed by atoms with Gasteiger partial charge in [-0.1, -0.05) is 31.4 Å². The van der Waals surface area contributed by atoms with Crippen LogP contribution in [0.3, 0.4) is 0 Å². The van der Waals surface area contributed by atoms with Gasteiger partial charge in [0.25, 0.3) is 5.56 Å². The van der Waals surface area contributed by atoms with Crippen molar-refractivity contribution in [2.24, 2.45) is 5.10 Å². The summed E-state index contributed by atoms with van der Waals surface area (Å²) in [6, 6.07) is 12.8. The lowest BCUT2D eigenvalue weighted by Gasteiger charge is -2.22. The Morgan fingerprint density at radius 2 is 1.97 bits per heavy atom. The van der Waals surface area contributed by atoms with E-state index in [9.17, 15) is 9.59 Å². The Labute approximate surface area is 188 Å². The topological polar surface area (TPSA) is 73.5 Å². The maximum atomic E-state index is 13.2. The summed E-state index contributed by atoms with van der Waals surface area (Å²) in [7, 11) is 0. The summed E-state index contributed by atoms with van der Waals surface area (Å²) in [6.45, 7) is 1.37. The van der Waals surface area contributed by atoms with E-state index in [1.165, 1.54) is 18.0 Å². The summed E-state index contributed by atoms with van der Waals surface area (Å²) in [5.41, 5.74) is 1.38. The zero-order valence-electron chi connectivity index (χ0n) is 16.7. The standard InChI is InChI=1S/C23H22IN3O3/c1-15(28)30-21-12-11-16(13-19(21)24)14-25-27-22(17-7-3-2-4-8-17)26-20-10-6-5-9-18(20)23(27)29/h5-6,9-14,17H,2-4,7-8H2,1H3. The summed E-state index contributed by atoms with van der Waals surface area (Å²) in [4.78, 5) is 29.2. The van der Waals surface area contributed by atoms with E-state index in [2.05, 4.69) is 27.7 Å². The third-order valence-corrected chi connectivity index (χ3v) is 6.12. The Hall–Kier alpha value is -2.55. The molecule has 1 aliphatic rings. The van der Waals surface area contributed by atoms with Crippen LogP contribution in [-0.2, 0) is 4.79 Å². The second-order valence-corrected chi connectivity index (χ2v) is 8.63. The molecule has 1 saturated carbocycles. The quantitative estimate of drug-likeness (QED) is 0.216. The van der Waals surface area contributed by atoms with E-state index < -0.39 is 0 Å². The largest absolute Gasteiger partial charge is 0.426 e. The molecule has 0 amide bonds. The molecule has 1 aliphatic carbocycles. The number of para-hydroxylation sites is 1. The summed E-state index contributed by atoms with van der Waals surface area (Å²) >= 11 is 2.11. The molecular formula is C23H22IN3O3. The van der Waals surface area contributed by atoms with Crippen molar-refractivity contribution in [2.75, 3.05) is 0 Å². The highest BCUT2D eigenvalue weighted by Crippen LogP contribution is 2.31. The molecule has 1 fully saturated rings. The molecule has 0 N–H and O–H groups in total. The van der Waals surface area contributed by atoms with Gasteiger partial charge in [-0.15, -0.1) is 0 Å². The fourth-order valence-corrected chi connectivity index (χ4v) is 4.49. The van der Waals surface area contributed by atoms with Gasteiger partial charge in [-0.2, -0.15) is 9.78 Å². The molecular weight excluding hydrogens is 493 g/mol. The summed E-state index contributed by atoms with van der Waals surface area (Å²) < 4.78 is 7.43. The zero-order chi connectivity index (χ0) is 21.1. The molecule has 3 aromatic rings. The molecule has 0 bridgehead atoms. The van der Waals surface area contributed by atoms with Gasteiger partial charge in [0.05, 0.1) is 20.7 Å². The fraction of sp³-hybridized carbons (Fsp3) is 0.304. The number of carbonyl (C=O) groups excluding carboxylic acids is 1. The van der Waals surface area contributed by atoms with Crippen LogP contribution in [0.5, 0.6) is 5.75 Å². The van der Waals surface area contributed by atoms with Crippen molar-refractivity contribution in [3.05, 3.63) is 67.8 Å². The Balaban J connectivity index is 1.75. The Bertz CT molecular complexity index is 1180. The molecule has 7 heteroatoms. The number of esters is 1. The SMILES string of the molecule is CC(=O)Oc1ccc(C=Nn2c(C3CCCCC3)nc3ccccc3c2=O)cc1I. The van der Waals surface area contributed by atoms with Crippen LogP contribution in [0.2, 0.25) is 0 Å². The Morgan fingerprint density at radius 3 is 2.70 bits per heavy atom. The van der Waals surface area contributed by atoms with E-state index in [0.717, 1.165) is 46.2 Å². The first-order valence-corrected chi connectivity index (χ1v) is 11.1. The van der Waals surface area contributed by atoms with Crippen LogP contribution in [-0.4, -0.2) is 21.8 Å². The van der Waals surface area contributed by atoms with E-state index in [1.807, 2.05) is 30.3 Å². The minimum Gasteiger partial charge on any atom is -0.426 e. The highest BCUT2D eigenvalue weighted by Gasteiger charge is 2.22. The first-order valence-electron chi connectivity index (χ1n) is 10.1. The van der Waals surface area contributed by atoms with Gasteiger partial charge >= 0.3 is 5.97 Å². The summed E-state index contributed by atoms with van der Waals surface area (Å²) in [5.74, 6) is 1.12. The first kappa shape index (κ1) is 20.7. The van der Waals surface area contributed by atoms with Crippen LogP contribution in [0, 0.1) is 3.57 Å². The normalized spacial score (nSPS) is 15.0. The van der Waals surface area contributed by atoms with Crippen molar-refractivity contribution in [2.45, 2.75) is 44.9 Å². The average molecular weight is 515 g/mol. The van der Waals surface area contributed by atoms with Gasteiger partial charge in [0.1, 0.15) is 11.6 Å². The van der Waals surface area contributed by atoms with E-state index in [0.29, 0.717) is 11.1 Å². The third kappa shape index (κ3) is 4.45. The molecule has 6 nitrogen and oxygen atoms in total. The minimum absolute atomic E-state index is 0.149. The Morgan fingerprint density at radius 1 is 1.20 bits per heavy atom. The minimum atomic E-state index is -0.361. The molecule has 0 radical (unpaired) electrons. The van der Waals surface area contributed by atoms with Gasteiger partial charge in [-0.3, -0.25) is 9.59 Å². The van der Waals surface area contributed by atoms with Gasteiger partial charge in [-0.05, 0) is 71.3 Å². The van der Waals surface area contributed by atoms with Gasteiger partial charge in [0.15, 0.2) is 0 Å². The maximum Gasteiger partial charge on any atom is 0.308 e. The van der Waals surface area contributed by atoms with Crippen LogP contribution in [0.15, 0.2) is 52.4 Å². The predicted molar refractivity (Wildman–Crippen MR) is 125 cm³/mol. The van der Waals surface area contributed by atoms with Crippen LogP contribution in [0.25, 0.3) is 10.9 Å². The Kier molecular flexibility index (Phi) is 6.26. The lowest BCUT2D eigenvalue weighted by molar-refractivity contribution is -0.131. The average Bonchev–Trinajstić information content (AvgIpc) is 2.75. The number of carbonyl (C=O) groups is 1. The monoisotopic (exact) mass is 515 g/mol. The maximum absolute atomic E-state index is 13.2.